The molecule has 1 amide bonds. The maximum atomic E-state index is 12.9. The van der Waals surface area contributed by atoms with Crippen LogP contribution in [0.3, 0.4) is 0 Å². The molecule has 2 heterocycles. The molecule has 2 aromatic heterocycles. The van der Waals surface area contributed by atoms with Crippen LogP contribution in [-0.4, -0.2) is 34.2 Å². The number of aromatic nitrogens is 3. The summed E-state index contributed by atoms with van der Waals surface area (Å²) in [6, 6.07) is 16.1. The van der Waals surface area contributed by atoms with Gasteiger partial charge in [0.1, 0.15) is 11.3 Å². The third-order valence-electron chi connectivity index (χ3n) is 4.69. The van der Waals surface area contributed by atoms with Crippen molar-refractivity contribution < 1.29 is 9.53 Å². The Morgan fingerprint density at radius 2 is 1.70 bits per heavy atom. The lowest BCUT2D eigenvalue weighted by molar-refractivity contribution is 0.0988. The van der Waals surface area contributed by atoms with E-state index in [9.17, 15) is 9.59 Å². The maximum Gasteiger partial charge on any atom is 0.278 e. The Morgan fingerprint density at radius 3 is 2.37 bits per heavy atom. The molecule has 0 aliphatic heterocycles. The molecule has 2 aromatic carbocycles. The Balaban J connectivity index is 1.81. The second kappa shape index (κ2) is 6.28. The molecule has 0 aliphatic rings. The predicted molar refractivity (Wildman–Crippen MR) is 104 cm³/mol. The van der Waals surface area contributed by atoms with Crippen molar-refractivity contribution in [3.63, 3.8) is 0 Å². The van der Waals surface area contributed by atoms with Gasteiger partial charge in [0.25, 0.3) is 11.5 Å². The molecule has 4 rings (SSSR count). The molecule has 0 N–H and O–H groups in total. The summed E-state index contributed by atoms with van der Waals surface area (Å²) in [5, 5.41) is 4.41. The third kappa shape index (κ3) is 2.64. The van der Waals surface area contributed by atoms with Gasteiger partial charge in [-0.3, -0.25) is 9.59 Å². The number of amides is 1. The van der Waals surface area contributed by atoms with Crippen molar-refractivity contribution in [2.45, 2.75) is 0 Å². The second-order valence-electron chi connectivity index (χ2n) is 6.24. The summed E-state index contributed by atoms with van der Waals surface area (Å²) in [7, 11) is 4.97. The van der Waals surface area contributed by atoms with E-state index in [1.165, 1.54) is 15.5 Å². The van der Waals surface area contributed by atoms with Crippen LogP contribution in [-0.2, 0) is 7.05 Å². The molecule has 0 aliphatic carbocycles. The SMILES string of the molecule is COc1ccc(N(C)C(=O)c2cc3c(=O)n(C)c4ccccc4n3n2)cc1. The fourth-order valence-electron chi connectivity index (χ4n) is 3.12. The molecule has 27 heavy (non-hydrogen) atoms. The van der Waals surface area contributed by atoms with Crippen molar-refractivity contribution in [1.82, 2.24) is 14.2 Å². The minimum absolute atomic E-state index is 0.202. The lowest BCUT2D eigenvalue weighted by atomic mass is 10.2. The average molecular weight is 362 g/mol. The van der Waals surface area contributed by atoms with Gasteiger partial charge >= 0.3 is 0 Å². The van der Waals surface area contributed by atoms with Crippen LogP contribution in [0, 0.1) is 0 Å². The van der Waals surface area contributed by atoms with Crippen LogP contribution in [0.1, 0.15) is 10.5 Å². The number of methoxy groups -OCH3 is 1. The van der Waals surface area contributed by atoms with Gasteiger partial charge in [-0.25, -0.2) is 4.52 Å². The summed E-state index contributed by atoms with van der Waals surface area (Å²) in [4.78, 5) is 27.1. The van der Waals surface area contributed by atoms with E-state index in [0.717, 1.165) is 11.0 Å². The first-order valence-corrected chi connectivity index (χ1v) is 8.41. The summed E-state index contributed by atoms with van der Waals surface area (Å²) in [5.41, 5.74) is 2.59. The van der Waals surface area contributed by atoms with Gasteiger partial charge < -0.3 is 14.2 Å². The van der Waals surface area contributed by atoms with E-state index in [2.05, 4.69) is 5.10 Å². The zero-order valence-corrected chi connectivity index (χ0v) is 15.2. The number of hydrogen-bond donors (Lipinski definition) is 0. The van der Waals surface area contributed by atoms with Crippen molar-refractivity contribution in [3.8, 4) is 5.75 Å². The highest BCUT2D eigenvalue weighted by Crippen LogP contribution is 2.20. The van der Waals surface area contributed by atoms with Crippen molar-refractivity contribution in [3.05, 3.63) is 70.6 Å². The molecular weight excluding hydrogens is 344 g/mol. The fraction of sp³-hybridized carbons (Fsp3) is 0.150. The van der Waals surface area contributed by atoms with Gasteiger partial charge in [-0.05, 0) is 36.4 Å². The van der Waals surface area contributed by atoms with Crippen LogP contribution in [0.4, 0.5) is 5.69 Å². The average Bonchev–Trinajstić information content (AvgIpc) is 3.17. The third-order valence-corrected chi connectivity index (χ3v) is 4.69. The highest BCUT2D eigenvalue weighted by atomic mass is 16.5. The first-order valence-electron chi connectivity index (χ1n) is 8.41. The molecule has 136 valence electrons. The van der Waals surface area contributed by atoms with Gasteiger partial charge in [-0.2, -0.15) is 5.10 Å². The number of carbonyl (C=O) groups is 1. The maximum absolute atomic E-state index is 12.9. The van der Waals surface area contributed by atoms with Crippen LogP contribution in [0.5, 0.6) is 5.75 Å². The number of rotatable bonds is 3. The summed E-state index contributed by atoms with van der Waals surface area (Å²) in [6.45, 7) is 0. The molecule has 0 spiro atoms. The largest absolute Gasteiger partial charge is 0.497 e. The van der Waals surface area contributed by atoms with Crippen LogP contribution >= 0.6 is 0 Å². The number of fused-ring (bicyclic) bond motifs is 3. The van der Waals surface area contributed by atoms with Crippen LogP contribution in [0.15, 0.2) is 59.4 Å². The van der Waals surface area contributed by atoms with Crippen LogP contribution in [0.2, 0.25) is 0 Å². The normalized spacial score (nSPS) is 11.1. The van der Waals surface area contributed by atoms with Crippen molar-refractivity contribution in [2.24, 2.45) is 7.05 Å². The number of benzene rings is 2. The molecule has 4 aromatic rings. The molecule has 0 unspecified atom stereocenters. The Bertz CT molecular complexity index is 1220. The lowest BCUT2D eigenvalue weighted by Gasteiger charge is -2.16. The van der Waals surface area contributed by atoms with Crippen molar-refractivity contribution in [1.29, 1.82) is 0 Å². The monoisotopic (exact) mass is 362 g/mol. The number of nitrogens with zero attached hydrogens (tertiary/aromatic N) is 4. The Labute approximate surface area is 155 Å². The van der Waals surface area contributed by atoms with Crippen molar-refractivity contribution >= 4 is 28.1 Å². The standard InChI is InChI=1S/C20H18N4O3/c1-22(13-8-10-14(27-3)11-9-13)19(25)15-12-18-20(26)23(2)16-6-4-5-7-17(16)24(18)21-15/h4-12H,1-3H3. The summed E-state index contributed by atoms with van der Waals surface area (Å²) >= 11 is 0. The highest BCUT2D eigenvalue weighted by Gasteiger charge is 2.20. The van der Waals surface area contributed by atoms with Crippen molar-refractivity contribution in [2.75, 3.05) is 19.1 Å². The zero-order chi connectivity index (χ0) is 19.1. The van der Waals surface area contributed by atoms with E-state index in [1.807, 2.05) is 24.3 Å². The van der Waals surface area contributed by atoms with Crippen LogP contribution in [0.25, 0.3) is 16.6 Å². The molecule has 0 saturated heterocycles. The van der Waals surface area contributed by atoms with E-state index in [-0.39, 0.29) is 17.2 Å². The molecule has 0 saturated carbocycles. The molecule has 0 atom stereocenters. The summed E-state index contributed by atoms with van der Waals surface area (Å²) in [5.74, 6) is 0.414. The summed E-state index contributed by atoms with van der Waals surface area (Å²) in [6.07, 6.45) is 0. The summed E-state index contributed by atoms with van der Waals surface area (Å²) < 4.78 is 8.24. The number of anilines is 1. The second-order valence-corrected chi connectivity index (χ2v) is 6.24. The highest BCUT2D eigenvalue weighted by molar-refractivity contribution is 6.05. The first-order chi connectivity index (χ1) is 13.0. The molecular formula is C20H18N4O3. The fourth-order valence-corrected chi connectivity index (χ4v) is 3.12. The predicted octanol–water partition coefficient (Wildman–Crippen LogP) is 2.47. The number of hydrogen-bond acceptors (Lipinski definition) is 4. The Hall–Kier alpha value is -3.61. The number of carbonyl (C=O) groups excluding carboxylic acids is 1. The minimum atomic E-state index is -0.296. The van der Waals surface area contributed by atoms with Gasteiger partial charge in [0.15, 0.2) is 5.69 Å². The quantitative estimate of drug-likeness (QED) is 0.561. The topological polar surface area (TPSA) is 68.8 Å². The van der Waals surface area contributed by atoms with Gasteiger partial charge in [0, 0.05) is 25.8 Å². The van der Waals surface area contributed by atoms with E-state index in [4.69, 9.17) is 4.74 Å². The van der Waals surface area contributed by atoms with Gasteiger partial charge in [0.05, 0.1) is 18.1 Å². The van der Waals surface area contributed by atoms with E-state index in [1.54, 1.807) is 50.0 Å². The van der Waals surface area contributed by atoms with E-state index >= 15 is 0 Å². The van der Waals surface area contributed by atoms with Crippen LogP contribution < -0.4 is 15.2 Å². The van der Waals surface area contributed by atoms with Gasteiger partial charge in [-0.15, -0.1) is 0 Å². The molecule has 7 heteroatoms. The Morgan fingerprint density at radius 1 is 1.04 bits per heavy atom. The molecule has 0 fully saturated rings. The lowest BCUT2D eigenvalue weighted by Crippen LogP contribution is -2.26. The molecule has 7 nitrogen and oxygen atoms in total. The van der Waals surface area contributed by atoms with Gasteiger partial charge in [0.2, 0.25) is 0 Å². The Kier molecular flexibility index (Phi) is 3.92. The van der Waals surface area contributed by atoms with Gasteiger partial charge in [-0.1, -0.05) is 12.1 Å². The van der Waals surface area contributed by atoms with E-state index < -0.39 is 0 Å². The number of para-hydroxylation sites is 2. The smallest absolute Gasteiger partial charge is 0.278 e. The first kappa shape index (κ1) is 16.8. The minimum Gasteiger partial charge on any atom is -0.497 e. The molecule has 0 radical (unpaired) electrons. The number of ether oxygens (including phenoxy) is 1. The zero-order valence-electron chi connectivity index (χ0n) is 15.2. The number of aryl methyl sites for hydroxylation is 1. The van der Waals surface area contributed by atoms with E-state index in [0.29, 0.717) is 17.0 Å². The molecule has 0 bridgehead atoms.